The third kappa shape index (κ3) is 4.25. The summed E-state index contributed by atoms with van der Waals surface area (Å²) in [6.45, 7) is 11.4. The molecule has 0 bridgehead atoms. The van der Waals surface area contributed by atoms with Crippen molar-refractivity contribution in [2.45, 2.75) is 44.4 Å². The van der Waals surface area contributed by atoms with Gasteiger partial charge in [-0.2, -0.15) is 0 Å². The molecule has 0 amide bonds. The molecule has 0 spiro atoms. The zero-order chi connectivity index (χ0) is 14.7. The fraction of sp³-hybridized carbons (Fsp3) is 0.467. The van der Waals surface area contributed by atoms with Gasteiger partial charge in [-0.3, -0.25) is 0 Å². The summed E-state index contributed by atoms with van der Waals surface area (Å²) in [4.78, 5) is 0. The number of nitrogens with one attached hydrogen (secondary N) is 1. The van der Waals surface area contributed by atoms with E-state index in [2.05, 4.69) is 11.3 Å². The van der Waals surface area contributed by atoms with Crippen LogP contribution in [-0.2, 0) is 16.5 Å². The van der Waals surface area contributed by atoms with Crippen LogP contribution in [0, 0.1) is 5.82 Å². The Morgan fingerprint density at radius 1 is 1.26 bits per heavy atom. The van der Waals surface area contributed by atoms with E-state index in [1.807, 2.05) is 27.7 Å². The highest BCUT2D eigenvalue weighted by Crippen LogP contribution is 2.27. The topological polar surface area (TPSA) is 29.1 Å². The average molecular weight is 283 g/mol. The van der Waals surface area contributed by atoms with Gasteiger partial charge in [0.15, 0.2) is 0 Å². The van der Waals surface area contributed by atoms with Crippen LogP contribution in [0.4, 0.5) is 4.39 Å². The lowest BCUT2D eigenvalue weighted by molar-refractivity contribution is 0.445. The van der Waals surface area contributed by atoms with E-state index >= 15 is 0 Å². The first-order valence-electron chi connectivity index (χ1n) is 6.26. The largest absolute Gasteiger partial charge is 0.242 e. The van der Waals surface area contributed by atoms with Crippen LogP contribution in [0.25, 0.3) is 0 Å². The Hall–Kier alpha value is -1.00. The fourth-order valence-corrected chi connectivity index (χ4v) is 2.60. The molecular weight excluding hydrogens is 261 g/mol. The number of hydrogen-bond acceptors (Lipinski definition) is 1. The molecule has 1 rings (SSSR count). The van der Waals surface area contributed by atoms with Gasteiger partial charge >= 0.3 is 0 Å². The van der Waals surface area contributed by atoms with Crippen LogP contribution in [-0.4, -0.2) is 8.96 Å². The molecule has 4 heteroatoms. The smallest absolute Gasteiger partial charge is 0.123 e. The van der Waals surface area contributed by atoms with E-state index in [0.29, 0.717) is 6.42 Å². The quantitative estimate of drug-likeness (QED) is 0.821. The number of benzene rings is 1. The molecule has 1 aromatic rings. The minimum Gasteiger partial charge on any atom is -0.242 e. The van der Waals surface area contributed by atoms with Crippen LogP contribution in [0.3, 0.4) is 0 Å². The fourth-order valence-electron chi connectivity index (χ4n) is 1.68. The van der Waals surface area contributed by atoms with Crippen LogP contribution >= 0.6 is 0 Å². The molecule has 2 atom stereocenters. The van der Waals surface area contributed by atoms with Gasteiger partial charge in [0, 0.05) is 0 Å². The maximum atomic E-state index is 13.0. The molecule has 2 nitrogen and oxygen atoms in total. The second-order valence-electron chi connectivity index (χ2n) is 5.81. The molecule has 0 aromatic heterocycles. The first kappa shape index (κ1) is 16.1. The van der Waals surface area contributed by atoms with E-state index in [4.69, 9.17) is 0 Å². The lowest BCUT2D eigenvalue weighted by atomic mass is 9.90. The monoisotopic (exact) mass is 283 g/mol. The van der Waals surface area contributed by atoms with Crippen molar-refractivity contribution in [3.63, 3.8) is 0 Å². The minimum atomic E-state index is -1.21. The Kier molecular flexibility index (Phi) is 5.04. The lowest BCUT2D eigenvalue weighted by Crippen LogP contribution is -2.45. The summed E-state index contributed by atoms with van der Waals surface area (Å²) < 4.78 is 28.1. The normalized spacial score (nSPS) is 16.7. The van der Waals surface area contributed by atoms with Gasteiger partial charge in [-0.15, -0.1) is 6.58 Å². The maximum absolute atomic E-state index is 13.0. The molecule has 0 aliphatic carbocycles. The predicted octanol–water partition coefficient (Wildman–Crippen LogP) is 3.67. The summed E-state index contributed by atoms with van der Waals surface area (Å²) in [5.74, 6) is -0.276. The zero-order valence-corrected chi connectivity index (χ0v) is 12.8. The molecule has 0 saturated heterocycles. The maximum Gasteiger partial charge on any atom is 0.123 e. The van der Waals surface area contributed by atoms with Crippen molar-refractivity contribution in [3.8, 4) is 0 Å². The van der Waals surface area contributed by atoms with Gasteiger partial charge in [-0.05, 0) is 51.8 Å². The van der Waals surface area contributed by atoms with Crippen LogP contribution in [0.15, 0.2) is 36.9 Å². The SMILES string of the molecule is C=CC[C@](C)(NS(=O)C(C)(C)C)c1ccc(F)cc1. The second kappa shape index (κ2) is 5.97. The molecule has 0 aliphatic heterocycles. The summed E-state index contributed by atoms with van der Waals surface area (Å²) in [6, 6.07) is 6.26. The van der Waals surface area contributed by atoms with Gasteiger partial charge in [-0.1, -0.05) is 18.2 Å². The molecule has 1 unspecified atom stereocenters. The number of rotatable bonds is 5. The van der Waals surface area contributed by atoms with E-state index in [-0.39, 0.29) is 10.6 Å². The summed E-state index contributed by atoms with van der Waals surface area (Å²) in [7, 11) is -1.21. The summed E-state index contributed by atoms with van der Waals surface area (Å²) in [5, 5.41) is 0. The molecule has 19 heavy (non-hydrogen) atoms. The van der Waals surface area contributed by atoms with E-state index in [1.54, 1.807) is 18.2 Å². The minimum absolute atomic E-state index is 0.276. The molecular formula is C15H22FNOS. The Bertz CT molecular complexity index is 464. The first-order chi connectivity index (χ1) is 8.69. The van der Waals surface area contributed by atoms with Gasteiger partial charge in [0.1, 0.15) is 5.82 Å². The molecule has 0 saturated carbocycles. The molecule has 0 heterocycles. The lowest BCUT2D eigenvalue weighted by Gasteiger charge is -2.33. The van der Waals surface area contributed by atoms with Crippen molar-refractivity contribution in [1.82, 2.24) is 4.72 Å². The molecule has 0 aliphatic rings. The van der Waals surface area contributed by atoms with E-state index < -0.39 is 16.5 Å². The zero-order valence-electron chi connectivity index (χ0n) is 12.0. The Morgan fingerprint density at radius 3 is 2.21 bits per heavy atom. The third-order valence-corrected chi connectivity index (χ3v) is 4.66. The Morgan fingerprint density at radius 2 is 1.79 bits per heavy atom. The molecule has 1 N–H and O–H groups in total. The van der Waals surface area contributed by atoms with Crippen LogP contribution in [0.5, 0.6) is 0 Å². The highest BCUT2D eigenvalue weighted by molar-refractivity contribution is 7.84. The van der Waals surface area contributed by atoms with Gasteiger partial charge in [0.05, 0.1) is 21.3 Å². The van der Waals surface area contributed by atoms with Crippen molar-refractivity contribution in [2.75, 3.05) is 0 Å². The predicted molar refractivity (Wildman–Crippen MR) is 79.6 cm³/mol. The number of halogens is 1. The average Bonchev–Trinajstić information content (AvgIpc) is 2.28. The van der Waals surface area contributed by atoms with Crippen LogP contribution < -0.4 is 4.72 Å². The Balaban J connectivity index is 3.06. The van der Waals surface area contributed by atoms with Crippen molar-refractivity contribution in [1.29, 1.82) is 0 Å². The summed E-state index contributed by atoms with van der Waals surface area (Å²) in [5.41, 5.74) is 0.375. The van der Waals surface area contributed by atoms with Crippen molar-refractivity contribution >= 4 is 11.0 Å². The molecule has 106 valence electrons. The molecule has 0 radical (unpaired) electrons. The van der Waals surface area contributed by atoms with Crippen molar-refractivity contribution < 1.29 is 8.60 Å². The van der Waals surface area contributed by atoms with Crippen molar-refractivity contribution in [2.24, 2.45) is 0 Å². The van der Waals surface area contributed by atoms with E-state index in [0.717, 1.165) is 5.56 Å². The second-order valence-corrected chi connectivity index (χ2v) is 7.78. The van der Waals surface area contributed by atoms with E-state index in [9.17, 15) is 8.60 Å². The van der Waals surface area contributed by atoms with Crippen LogP contribution in [0.2, 0.25) is 0 Å². The number of hydrogen-bond donors (Lipinski definition) is 1. The highest BCUT2D eigenvalue weighted by atomic mass is 32.2. The van der Waals surface area contributed by atoms with Gasteiger partial charge in [0.2, 0.25) is 0 Å². The summed E-state index contributed by atoms with van der Waals surface area (Å²) in [6.07, 6.45) is 2.39. The Labute approximate surface area is 117 Å². The highest BCUT2D eigenvalue weighted by Gasteiger charge is 2.31. The summed E-state index contributed by atoms with van der Waals surface area (Å²) >= 11 is 0. The first-order valence-corrected chi connectivity index (χ1v) is 7.41. The van der Waals surface area contributed by atoms with Crippen LogP contribution in [0.1, 0.15) is 39.7 Å². The molecule has 1 aromatic carbocycles. The van der Waals surface area contributed by atoms with Gasteiger partial charge < -0.3 is 0 Å². The van der Waals surface area contributed by atoms with Gasteiger partial charge in [-0.25, -0.2) is 13.3 Å². The van der Waals surface area contributed by atoms with Gasteiger partial charge in [0.25, 0.3) is 0 Å². The third-order valence-electron chi connectivity index (χ3n) is 2.91. The molecule has 0 fully saturated rings. The standard InChI is InChI=1S/C15H22FNOS/c1-6-11-15(5,17-19(18)14(2,3)4)12-7-9-13(16)10-8-12/h6-10,17H,1,11H2,2-5H3/t15-,19?/m0/s1. The van der Waals surface area contributed by atoms with Crippen molar-refractivity contribution in [3.05, 3.63) is 48.3 Å². The van der Waals surface area contributed by atoms with E-state index in [1.165, 1.54) is 12.1 Å².